The molecule has 0 spiro atoms. The molecular formula is C14H21N. The molecule has 1 aliphatic heterocycles. The van der Waals surface area contributed by atoms with Crippen LogP contribution in [0.15, 0.2) is 18.2 Å². The number of aryl methyl sites for hydroxylation is 1. The van der Waals surface area contributed by atoms with Crippen LogP contribution in [-0.2, 0) is 12.8 Å². The molecule has 1 unspecified atom stereocenters. The number of hydrogen-bond donors (Lipinski definition) is 1. The third-order valence-electron chi connectivity index (χ3n) is 3.06. The minimum atomic E-state index is 0.633. The van der Waals surface area contributed by atoms with Crippen LogP contribution in [-0.4, -0.2) is 6.04 Å². The van der Waals surface area contributed by atoms with Gasteiger partial charge in [0.25, 0.3) is 0 Å². The normalized spacial score (nSPS) is 19.9. The highest BCUT2D eigenvalue weighted by Crippen LogP contribution is 2.26. The van der Waals surface area contributed by atoms with Crippen LogP contribution < -0.4 is 5.32 Å². The summed E-state index contributed by atoms with van der Waals surface area (Å²) in [5.74, 6) is 0.749. The van der Waals surface area contributed by atoms with Gasteiger partial charge in [-0.05, 0) is 49.3 Å². The van der Waals surface area contributed by atoms with Crippen LogP contribution in [0.5, 0.6) is 0 Å². The van der Waals surface area contributed by atoms with Gasteiger partial charge in [0.05, 0.1) is 0 Å². The molecule has 1 atom stereocenters. The van der Waals surface area contributed by atoms with E-state index in [2.05, 4.69) is 44.3 Å². The topological polar surface area (TPSA) is 12.0 Å². The maximum Gasteiger partial charge on any atom is 0.0374 e. The fourth-order valence-electron chi connectivity index (χ4n) is 2.30. The Hall–Kier alpha value is -0.980. The van der Waals surface area contributed by atoms with Gasteiger partial charge in [0.2, 0.25) is 0 Å². The molecule has 0 fully saturated rings. The second-order valence-corrected chi connectivity index (χ2v) is 5.17. The van der Waals surface area contributed by atoms with Crippen molar-refractivity contribution in [2.45, 2.75) is 46.1 Å². The molecule has 1 aromatic rings. The zero-order valence-electron chi connectivity index (χ0n) is 10.0. The van der Waals surface area contributed by atoms with Gasteiger partial charge in [-0.15, -0.1) is 0 Å². The van der Waals surface area contributed by atoms with Crippen LogP contribution in [0.25, 0.3) is 0 Å². The number of hydrogen-bond acceptors (Lipinski definition) is 1. The predicted molar refractivity (Wildman–Crippen MR) is 66.4 cm³/mol. The Balaban J connectivity index is 2.19. The lowest BCUT2D eigenvalue weighted by molar-refractivity contribution is 0.643. The first-order valence-electron chi connectivity index (χ1n) is 6.03. The number of nitrogens with one attached hydrogen (secondary N) is 1. The summed E-state index contributed by atoms with van der Waals surface area (Å²) in [5.41, 5.74) is 4.34. The Morgan fingerprint density at radius 3 is 2.93 bits per heavy atom. The van der Waals surface area contributed by atoms with E-state index in [1.807, 2.05) is 0 Å². The van der Waals surface area contributed by atoms with E-state index in [0.717, 1.165) is 5.92 Å². The third kappa shape index (κ3) is 2.53. The first-order chi connectivity index (χ1) is 7.15. The van der Waals surface area contributed by atoms with Crippen molar-refractivity contribution < 1.29 is 0 Å². The number of rotatable bonds is 2. The quantitative estimate of drug-likeness (QED) is 0.774. The molecule has 1 heteroatoms. The Kier molecular flexibility index (Phi) is 2.99. The minimum Gasteiger partial charge on any atom is -0.382 e. The van der Waals surface area contributed by atoms with E-state index >= 15 is 0 Å². The van der Waals surface area contributed by atoms with Gasteiger partial charge in [-0.3, -0.25) is 0 Å². The van der Waals surface area contributed by atoms with Crippen LogP contribution in [0.2, 0.25) is 0 Å². The van der Waals surface area contributed by atoms with Gasteiger partial charge in [-0.25, -0.2) is 0 Å². The van der Waals surface area contributed by atoms with Gasteiger partial charge in [0.15, 0.2) is 0 Å². The zero-order chi connectivity index (χ0) is 10.8. The van der Waals surface area contributed by atoms with E-state index in [4.69, 9.17) is 0 Å². The van der Waals surface area contributed by atoms with Crippen molar-refractivity contribution >= 4 is 5.69 Å². The molecule has 0 bridgehead atoms. The molecular weight excluding hydrogens is 182 g/mol. The van der Waals surface area contributed by atoms with Crippen LogP contribution in [0.4, 0.5) is 5.69 Å². The van der Waals surface area contributed by atoms with Gasteiger partial charge in [0.1, 0.15) is 0 Å². The first kappa shape index (κ1) is 10.5. The van der Waals surface area contributed by atoms with Crippen molar-refractivity contribution in [2.75, 3.05) is 5.32 Å². The lowest BCUT2D eigenvalue weighted by Crippen LogP contribution is -2.21. The Morgan fingerprint density at radius 2 is 2.20 bits per heavy atom. The smallest absolute Gasteiger partial charge is 0.0374 e. The molecule has 82 valence electrons. The highest BCUT2D eigenvalue weighted by molar-refractivity contribution is 5.55. The summed E-state index contributed by atoms with van der Waals surface area (Å²) in [6, 6.07) is 7.54. The van der Waals surface area contributed by atoms with Gasteiger partial charge in [0, 0.05) is 11.7 Å². The molecule has 0 saturated heterocycles. The Morgan fingerprint density at radius 1 is 1.40 bits per heavy atom. The number of anilines is 1. The van der Waals surface area contributed by atoms with Crippen molar-refractivity contribution in [1.82, 2.24) is 0 Å². The summed E-state index contributed by atoms with van der Waals surface area (Å²) < 4.78 is 0. The zero-order valence-corrected chi connectivity index (χ0v) is 10.0. The molecule has 15 heavy (non-hydrogen) atoms. The van der Waals surface area contributed by atoms with Gasteiger partial charge in [-0.2, -0.15) is 0 Å². The maximum atomic E-state index is 3.54. The summed E-state index contributed by atoms with van der Waals surface area (Å²) in [7, 11) is 0. The highest BCUT2D eigenvalue weighted by Gasteiger charge is 2.13. The van der Waals surface area contributed by atoms with Crippen molar-refractivity contribution in [3.05, 3.63) is 29.3 Å². The van der Waals surface area contributed by atoms with Crippen molar-refractivity contribution in [2.24, 2.45) is 5.92 Å². The van der Waals surface area contributed by atoms with E-state index in [-0.39, 0.29) is 0 Å². The van der Waals surface area contributed by atoms with Crippen LogP contribution >= 0.6 is 0 Å². The van der Waals surface area contributed by atoms with Gasteiger partial charge < -0.3 is 5.32 Å². The van der Waals surface area contributed by atoms with Crippen molar-refractivity contribution in [1.29, 1.82) is 0 Å². The van der Waals surface area contributed by atoms with Crippen LogP contribution in [0, 0.1) is 5.92 Å². The number of fused-ring (bicyclic) bond motifs is 1. The Labute approximate surface area is 92.9 Å². The molecule has 0 radical (unpaired) electrons. The van der Waals surface area contributed by atoms with E-state index in [1.54, 1.807) is 0 Å². The van der Waals surface area contributed by atoms with Crippen LogP contribution in [0.3, 0.4) is 0 Å². The number of benzene rings is 1. The summed E-state index contributed by atoms with van der Waals surface area (Å²) in [6.07, 6.45) is 3.69. The fourth-order valence-corrected chi connectivity index (χ4v) is 2.30. The third-order valence-corrected chi connectivity index (χ3v) is 3.06. The molecule has 0 saturated carbocycles. The molecule has 0 aromatic heterocycles. The summed E-state index contributed by atoms with van der Waals surface area (Å²) in [4.78, 5) is 0. The highest BCUT2D eigenvalue weighted by atomic mass is 14.9. The largest absolute Gasteiger partial charge is 0.382 e. The first-order valence-corrected chi connectivity index (χ1v) is 6.03. The maximum absolute atomic E-state index is 3.54. The van der Waals surface area contributed by atoms with E-state index in [0.29, 0.717) is 6.04 Å². The average molecular weight is 203 g/mol. The molecule has 1 heterocycles. The predicted octanol–water partition coefficient (Wildman–Crippen LogP) is 3.63. The van der Waals surface area contributed by atoms with Gasteiger partial charge >= 0.3 is 0 Å². The monoisotopic (exact) mass is 203 g/mol. The SMILES string of the molecule is CC(C)Cc1ccc2c(c1)CCC(C)N2. The molecule has 1 aliphatic rings. The summed E-state index contributed by atoms with van der Waals surface area (Å²) >= 11 is 0. The van der Waals surface area contributed by atoms with Crippen molar-refractivity contribution in [3.63, 3.8) is 0 Å². The average Bonchev–Trinajstić information content (AvgIpc) is 2.17. The second kappa shape index (κ2) is 4.26. The van der Waals surface area contributed by atoms with E-state index in [9.17, 15) is 0 Å². The lowest BCUT2D eigenvalue weighted by Gasteiger charge is -2.24. The van der Waals surface area contributed by atoms with Crippen LogP contribution in [0.1, 0.15) is 38.3 Å². The molecule has 2 rings (SSSR count). The van der Waals surface area contributed by atoms with E-state index < -0.39 is 0 Å². The molecule has 1 N–H and O–H groups in total. The minimum absolute atomic E-state index is 0.633. The molecule has 1 aromatic carbocycles. The Bertz CT molecular complexity index is 341. The summed E-state index contributed by atoms with van der Waals surface area (Å²) in [5, 5.41) is 3.54. The second-order valence-electron chi connectivity index (χ2n) is 5.17. The lowest BCUT2D eigenvalue weighted by atomic mass is 9.94. The standard InChI is InChI=1S/C14H21N/c1-10(2)8-12-5-7-14-13(9-12)6-4-11(3)15-14/h5,7,9-11,15H,4,6,8H2,1-3H3. The molecule has 1 nitrogen and oxygen atoms in total. The van der Waals surface area contributed by atoms with E-state index in [1.165, 1.54) is 36.1 Å². The summed E-state index contributed by atoms with van der Waals surface area (Å²) in [6.45, 7) is 6.81. The fraction of sp³-hybridized carbons (Fsp3) is 0.571. The molecule has 0 aliphatic carbocycles. The van der Waals surface area contributed by atoms with Gasteiger partial charge in [-0.1, -0.05) is 26.0 Å². The van der Waals surface area contributed by atoms with Crippen molar-refractivity contribution in [3.8, 4) is 0 Å². The molecule has 0 amide bonds.